The maximum atomic E-state index is 14.9. The first-order valence-corrected chi connectivity index (χ1v) is 12.2. The van der Waals surface area contributed by atoms with Crippen molar-refractivity contribution in [3.8, 4) is 28.3 Å². The van der Waals surface area contributed by atoms with Gasteiger partial charge in [0.2, 0.25) is 0 Å². The number of benzene rings is 2. The zero-order chi connectivity index (χ0) is 25.6. The Balaban J connectivity index is 1.68. The molecule has 0 atom stereocenters. The standard InChI is InChI=1S/C28H26ClF2N3O2/c1-16-12-20(29)13-17(2)26(16)34-15-19(4-7-24(34)35)25-27(22-6-5-21(30)14-23(22)31)36-28(32-25)18-8-10-33(3)11-9-18/h4-7,12-15,18H,8-11H2,1-3H3. The van der Waals surface area contributed by atoms with E-state index < -0.39 is 11.6 Å². The maximum absolute atomic E-state index is 14.9. The van der Waals surface area contributed by atoms with Crippen molar-refractivity contribution in [2.24, 2.45) is 0 Å². The van der Waals surface area contributed by atoms with Crippen LogP contribution in [-0.4, -0.2) is 34.6 Å². The predicted molar refractivity (Wildman–Crippen MR) is 137 cm³/mol. The van der Waals surface area contributed by atoms with Gasteiger partial charge in [0.15, 0.2) is 11.7 Å². The number of piperidine rings is 1. The summed E-state index contributed by atoms with van der Waals surface area (Å²) in [5.74, 6) is -0.580. The number of hydrogen-bond acceptors (Lipinski definition) is 4. The van der Waals surface area contributed by atoms with Crippen LogP contribution in [0, 0.1) is 25.5 Å². The molecule has 36 heavy (non-hydrogen) atoms. The smallest absolute Gasteiger partial charge is 0.255 e. The molecule has 4 aromatic rings. The Bertz CT molecular complexity index is 1480. The van der Waals surface area contributed by atoms with Gasteiger partial charge in [0, 0.05) is 34.8 Å². The predicted octanol–water partition coefficient (Wildman–Crippen LogP) is 6.52. The Labute approximate surface area is 213 Å². The first-order valence-electron chi connectivity index (χ1n) is 11.9. The van der Waals surface area contributed by atoms with Gasteiger partial charge in [-0.15, -0.1) is 0 Å². The summed E-state index contributed by atoms with van der Waals surface area (Å²) >= 11 is 6.20. The highest BCUT2D eigenvalue weighted by molar-refractivity contribution is 6.30. The van der Waals surface area contributed by atoms with Crippen LogP contribution in [0.25, 0.3) is 28.3 Å². The average Bonchev–Trinajstić information content (AvgIpc) is 3.25. The van der Waals surface area contributed by atoms with Gasteiger partial charge in [-0.3, -0.25) is 9.36 Å². The molecule has 186 valence electrons. The Hall–Kier alpha value is -3.29. The lowest BCUT2D eigenvalue weighted by Gasteiger charge is -2.26. The van der Waals surface area contributed by atoms with Crippen molar-refractivity contribution in [2.75, 3.05) is 20.1 Å². The third kappa shape index (κ3) is 4.61. The third-order valence-corrected chi connectivity index (χ3v) is 6.99. The van der Waals surface area contributed by atoms with Crippen molar-refractivity contribution < 1.29 is 13.2 Å². The first-order chi connectivity index (χ1) is 17.2. The van der Waals surface area contributed by atoms with E-state index in [4.69, 9.17) is 21.0 Å². The molecule has 2 aromatic carbocycles. The van der Waals surface area contributed by atoms with Gasteiger partial charge < -0.3 is 9.32 Å². The molecule has 3 heterocycles. The number of oxazole rings is 1. The molecule has 1 fully saturated rings. The first kappa shape index (κ1) is 24.4. The number of aromatic nitrogens is 2. The molecular formula is C28H26ClF2N3O2. The van der Waals surface area contributed by atoms with Crippen LogP contribution in [0.3, 0.4) is 0 Å². The monoisotopic (exact) mass is 509 g/mol. The summed E-state index contributed by atoms with van der Waals surface area (Å²) < 4.78 is 36.3. The molecule has 0 bridgehead atoms. The number of aryl methyl sites for hydroxylation is 2. The molecule has 0 aliphatic carbocycles. The molecule has 0 radical (unpaired) electrons. The fraction of sp³-hybridized carbons (Fsp3) is 0.286. The summed E-state index contributed by atoms with van der Waals surface area (Å²) in [7, 11) is 2.07. The van der Waals surface area contributed by atoms with Crippen LogP contribution in [0.1, 0.15) is 35.8 Å². The highest BCUT2D eigenvalue weighted by Gasteiger charge is 2.27. The molecule has 5 rings (SSSR count). The Kier molecular flexibility index (Phi) is 6.53. The number of halogens is 3. The average molecular weight is 510 g/mol. The molecule has 0 N–H and O–H groups in total. The van der Waals surface area contributed by atoms with E-state index >= 15 is 0 Å². The van der Waals surface area contributed by atoms with Crippen LogP contribution < -0.4 is 5.56 Å². The highest BCUT2D eigenvalue weighted by atomic mass is 35.5. The van der Waals surface area contributed by atoms with Crippen molar-refractivity contribution in [2.45, 2.75) is 32.6 Å². The van der Waals surface area contributed by atoms with Gasteiger partial charge in [-0.2, -0.15) is 0 Å². The van der Waals surface area contributed by atoms with E-state index in [1.165, 1.54) is 18.2 Å². The summed E-state index contributed by atoms with van der Waals surface area (Å²) in [5.41, 5.74) is 3.31. The quantitative estimate of drug-likeness (QED) is 0.314. The van der Waals surface area contributed by atoms with E-state index in [1.807, 2.05) is 13.8 Å². The van der Waals surface area contributed by atoms with E-state index in [-0.39, 0.29) is 22.8 Å². The van der Waals surface area contributed by atoms with Crippen LogP contribution in [0.5, 0.6) is 0 Å². The van der Waals surface area contributed by atoms with E-state index in [0.717, 1.165) is 48.8 Å². The second kappa shape index (κ2) is 9.64. The largest absolute Gasteiger partial charge is 0.440 e. The van der Waals surface area contributed by atoms with Crippen LogP contribution in [0.2, 0.25) is 5.02 Å². The van der Waals surface area contributed by atoms with E-state index in [1.54, 1.807) is 29.0 Å². The number of rotatable bonds is 4. The fourth-order valence-corrected chi connectivity index (χ4v) is 5.23. The Morgan fingerprint density at radius 2 is 1.72 bits per heavy atom. The molecule has 0 spiro atoms. The second-order valence-corrected chi connectivity index (χ2v) is 9.88. The zero-order valence-electron chi connectivity index (χ0n) is 20.3. The minimum Gasteiger partial charge on any atom is -0.440 e. The Morgan fingerprint density at radius 3 is 2.39 bits per heavy atom. The lowest BCUT2D eigenvalue weighted by atomic mass is 9.97. The van der Waals surface area contributed by atoms with Crippen molar-refractivity contribution in [1.82, 2.24) is 14.5 Å². The van der Waals surface area contributed by atoms with Gasteiger partial charge in [0.25, 0.3) is 5.56 Å². The summed E-state index contributed by atoms with van der Waals surface area (Å²) in [6.45, 7) is 5.59. The van der Waals surface area contributed by atoms with Crippen molar-refractivity contribution in [3.05, 3.63) is 92.7 Å². The number of nitrogens with zero attached hydrogens (tertiary/aromatic N) is 3. The summed E-state index contributed by atoms with van der Waals surface area (Å²) in [4.78, 5) is 20.0. The van der Waals surface area contributed by atoms with Gasteiger partial charge in [0.05, 0.1) is 11.3 Å². The fourth-order valence-electron chi connectivity index (χ4n) is 4.90. The topological polar surface area (TPSA) is 51.3 Å². The molecule has 5 nitrogen and oxygen atoms in total. The summed E-state index contributed by atoms with van der Waals surface area (Å²) in [6, 6.07) is 10.1. The van der Waals surface area contributed by atoms with Crippen molar-refractivity contribution >= 4 is 11.6 Å². The van der Waals surface area contributed by atoms with Crippen LogP contribution in [-0.2, 0) is 0 Å². The van der Waals surface area contributed by atoms with Gasteiger partial charge in [-0.05, 0) is 88.3 Å². The van der Waals surface area contributed by atoms with Gasteiger partial charge in [0.1, 0.15) is 17.3 Å². The van der Waals surface area contributed by atoms with E-state index in [9.17, 15) is 13.6 Å². The van der Waals surface area contributed by atoms with Crippen molar-refractivity contribution in [1.29, 1.82) is 0 Å². The number of pyridine rings is 1. The van der Waals surface area contributed by atoms with Gasteiger partial charge in [-0.25, -0.2) is 13.8 Å². The number of hydrogen-bond donors (Lipinski definition) is 0. The molecule has 0 unspecified atom stereocenters. The molecule has 0 amide bonds. The summed E-state index contributed by atoms with van der Waals surface area (Å²) in [5, 5.41) is 0.589. The van der Waals surface area contributed by atoms with Gasteiger partial charge >= 0.3 is 0 Å². The molecule has 1 aliphatic heterocycles. The van der Waals surface area contributed by atoms with Crippen LogP contribution >= 0.6 is 11.6 Å². The molecule has 1 saturated heterocycles. The number of likely N-dealkylation sites (tertiary alicyclic amines) is 1. The lowest BCUT2D eigenvalue weighted by Crippen LogP contribution is -2.29. The van der Waals surface area contributed by atoms with Crippen LogP contribution in [0.15, 0.2) is 57.9 Å². The highest BCUT2D eigenvalue weighted by Crippen LogP contribution is 2.38. The van der Waals surface area contributed by atoms with Crippen LogP contribution in [0.4, 0.5) is 8.78 Å². The lowest BCUT2D eigenvalue weighted by molar-refractivity contribution is 0.238. The molecule has 1 aliphatic rings. The zero-order valence-corrected chi connectivity index (χ0v) is 21.1. The maximum Gasteiger partial charge on any atom is 0.255 e. The normalized spacial score (nSPS) is 14.9. The molecule has 8 heteroatoms. The molecular weight excluding hydrogens is 484 g/mol. The Morgan fingerprint density at radius 1 is 1.03 bits per heavy atom. The SMILES string of the molecule is Cc1cc(Cl)cc(C)c1-n1cc(-c2nc(C3CCN(C)CC3)oc2-c2ccc(F)cc2F)ccc1=O. The summed E-state index contributed by atoms with van der Waals surface area (Å²) in [6.07, 6.45) is 3.42. The minimum absolute atomic E-state index is 0.0869. The van der Waals surface area contributed by atoms with Crippen molar-refractivity contribution in [3.63, 3.8) is 0 Å². The third-order valence-electron chi connectivity index (χ3n) is 6.77. The molecule has 0 saturated carbocycles. The minimum atomic E-state index is -0.736. The van der Waals surface area contributed by atoms with E-state index in [0.29, 0.717) is 22.2 Å². The second-order valence-electron chi connectivity index (χ2n) is 9.45. The molecule has 2 aromatic heterocycles. The van der Waals surface area contributed by atoms with Gasteiger partial charge in [-0.1, -0.05) is 11.6 Å². The van der Waals surface area contributed by atoms with E-state index in [2.05, 4.69) is 11.9 Å².